The molecule has 0 amide bonds. The maximum atomic E-state index is 5.60. The molecule has 0 saturated carbocycles. The van der Waals surface area contributed by atoms with Crippen molar-refractivity contribution in [1.82, 2.24) is 14.2 Å². The SMILES string of the molecule is COc1ccc(OC)c(C(NN)c2cnsn2)c1. The summed E-state index contributed by atoms with van der Waals surface area (Å²) in [4.78, 5) is 0. The highest BCUT2D eigenvalue weighted by Crippen LogP contribution is 2.32. The Kier molecular flexibility index (Phi) is 4.08. The predicted octanol–water partition coefficient (Wildman–Crippen LogP) is 1.11. The monoisotopic (exact) mass is 266 g/mol. The molecule has 0 radical (unpaired) electrons. The van der Waals surface area contributed by atoms with Gasteiger partial charge in [-0.1, -0.05) is 0 Å². The van der Waals surface area contributed by atoms with Gasteiger partial charge in [-0.3, -0.25) is 5.84 Å². The summed E-state index contributed by atoms with van der Waals surface area (Å²) in [6.07, 6.45) is 1.67. The number of rotatable bonds is 5. The summed E-state index contributed by atoms with van der Waals surface area (Å²) in [6, 6.07) is 5.24. The van der Waals surface area contributed by atoms with Gasteiger partial charge in [0.1, 0.15) is 11.5 Å². The highest BCUT2D eigenvalue weighted by Gasteiger charge is 2.20. The fourth-order valence-corrected chi connectivity index (χ4v) is 2.15. The number of aromatic nitrogens is 2. The summed E-state index contributed by atoms with van der Waals surface area (Å²) in [5.41, 5.74) is 4.31. The molecule has 96 valence electrons. The summed E-state index contributed by atoms with van der Waals surface area (Å²) in [6.45, 7) is 0. The van der Waals surface area contributed by atoms with E-state index in [9.17, 15) is 0 Å². The summed E-state index contributed by atoms with van der Waals surface area (Å²) in [7, 11) is 3.22. The fourth-order valence-electron chi connectivity index (χ4n) is 1.70. The van der Waals surface area contributed by atoms with Crippen LogP contribution in [-0.2, 0) is 0 Å². The lowest BCUT2D eigenvalue weighted by molar-refractivity contribution is 0.393. The van der Waals surface area contributed by atoms with Crippen LogP contribution in [0.3, 0.4) is 0 Å². The molecule has 1 atom stereocenters. The number of nitrogens with zero attached hydrogens (tertiary/aromatic N) is 2. The van der Waals surface area contributed by atoms with Crippen molar-refractivity contribution in [3.63, 3.8) is 0 Å². The van der Waals surface area contributed by atoms with Crippen LogP contribution in [0, 0.1) is 0 Å². The topological polar surface area (TPSA) is 82.3 Å². The molecule has 1 heterocycles. The first-order valence-electron chi connectivity index (χ1n) is 5.25. The number of nitrogens with one attached hydrogen (secondary N) is 1. The second-order valence-electron chi connectivity index (χ2n) is 3.54. The van der Waals surface area contributed by atoms with E-state index in [0.717, 1.165) is 28.7 Å². The third-order valence-corrected chi connectivity index (χ3v) is 3.08. The second kappa shape index (κ2) is 5.76. The molecule has 0 aliphatic rings. The minimum absolute atomic E-state index is 0.284. The van der Waals surface area contributed by atoms with Crippen LogP contribution in [0.5, 0.6) is 11.5 Å². The molecule has 0 aliphatic carbocycles. The molecule has 0 fully saturated rings. The van der Waals surface area contributed by atoms with Gasteiger partial charge in [-0.2, -0.15) is 8.75 Å². The molecule has 0 bridgehead atoms. The van der Waals surface area contributed by atoms with E-state index >= 15 is 0 Å². The molecule has 1 aromatic heterocycles. The molecule has 3 N–H and O–H groups in total. The Morgan fingerprint density at radius 1 is 1.33 bits per heavy atom. The Balaban J connectivity index is 2.46. The molecule has 0 saturated heterocycles. The van der Waals surface area contributed by atoms with Gasteiger partial charge in [0.25, 0.3) is 0 Å². The van der Waals surface area contributed by atoms with E-state index in [1.807, 2.05) is 18.2 Å². The molecule has 1 unspecified atom stereocenters. The maximum Gasteiger partial charge on any atom is 0.124 e. The van der Waals surface area contributed by atoms with E-state index in [4.69, 9.17) is 15.3 Å². The number of methoxy groups -OCH3 is 2. The van der Waals surface area contributed by atoms with Crippen molar-refractivity contribution in [2.75, 3.05) is 14.2 Å². The van der Waals surface area contributed by atoms with Crippen LogP contribution in [-0.4, -0.2) is 23.0 Å². The Bertz CT molecular complexity index is 504. The molecular weight excluding hydrogens is 252 g/mol. The maximum absolute atomic E-state index is 5.60. The van der Waals surface area contributed by atoms with Crippen LogP contribution in [0.1, 0.15) is 17.3 Å². The van der Waals surface area contributed by atoms with Crippen LogP contribution in [0.4, 0.5) is 0 Å². The lowest BCUT2D eigenvalue weighted by atomic mass is 10.0. The Morgan fingerprint density at radius 3 is 2.72 bits per heavy atom. The number of hydrogen-bond donors (Lipinski definition) is 2. The molecule has 6 nitrogen and oxygen atoms in total. The number of benzene rings is 1. The third kappa shape index (κ3) is 2.42. The van der Waals surface area contributed by atoms with Gasteiger partial charge in [0.2, 0.25) is 0 Å². The summed E-state index contributed by atoms with van der Waals surface area (Å²) >= 11 is 1.13. The summed E-state index contributed by atoms with van der Waals surface area (Å²) < 4.78 is 18.7. The van der Waals surface area contributed by atoms with Crippen LogP contribution in [0.15, 0.2) is 24.4 Å². The number of ether oxygens (including phenoxy) is 2. The third-order valence-electron chi connectivity index (χ3n) is 2.59. The highest BCUT2D eigenvalue weighted by molar-refractivity contribution is 6.99. The van der Waals surface area contributed by atoms with Crippen LogP contribution in [0.25, 0.3) is 0 Å². The van der Waals surface area contributed by atoms with Crippen molar-refractivity contribution < 1.29 is 9.47 Å². The zero-order valence-electron chi connectivity index (χ0n) is 10.1. The summed E-state index contributed by atoms with van der Waals surface area (Å²) in [5, 5.41) is 0. The Morgan fingerprint density at radius 2 is 2.17 bits per heavy atom. The van der Waals surface area contributed by atoms with Crippen molar-refractivity contribution in [2.24, 2.45) is 5.84 Å². The minimum atomic E-state index is -0.284. The smallest absolute Gasteiger partial charge is 0.124 e. The van der Waals surface area contributed by atoms with Gasteiger partial charge in [0.15, 0.2) is 0 Å². The minimum Gasteiger partial charge on any atom is -0.497 e. The predicted molar refractivity (Wildman–Crippen MR) is 68.6 cm³/mol. The van der Waals surface area contributed by atoms with E-state index in [2.05, 4.69) is 14.2 Å². The molecule has 18 heavy (non-hydrogen) atoms. The molecular formula is C11H14N4O2S. The molecule has 2 rings (SSSR count). The van der Waals surface area contributed by atoms with Gasteiger partial charge in [0, 0.05) is 5.56 Å². The molecule has 1 aromatic carbocycles. The van der Waals surface area contributed by atoms with Gasteiger partial charge in [0.05, 0.1) is 43.9 Å². The van der Waals surface area contributed by atoms with Crippen molar-refractivity contribution in [3.05, 3.63) is 35.7 Å². The first-order chi connectivity index (χ1) is 8.80. The highest BCUT2D eigenvalue weighted by atomic mass is 32.1. The lowest BCUT2D eigenvalue weighted by Crippen LogP contribution is -2.29. The quantitative estimate of drug-likeness (QED) is 0.623. The van der Waals surface area contributed by atoms with E-state index in [1.165, 1.54) is 0 Å². The lowest BCUT2D eigenvalue weighted by Gasteiger charge is -2.17. The largest absolute Gasteiger partial charge is 0.497 e. The first kappa shape index (κ1) is 12.7. The Hall–Kier alpha value is -1.70. The molecule has 7 heteroatoms. The van der Waals surface area contributed by atoms with E-state index in [1.54, 1.807) is 20.4 Å². The standard InChI is InChI=1S/C11H14N4O2S/c1-16-7-3-4-10(17-2)8(5-7)11(14-12)9-6-13-18-15-9/h3-6,11,14H,12H2,1-2H3. The zero-order valence-corrected chi connectivity index (χ0v) is 10.9. The van der Waals surface area contributed by atoms with Gasteiger partial charge in [-0.05, 0) is 18.2 Å². The molecule has 0 aliphatic heterocycles. The molecule has 0 spiro atoms. The van der Waals surface area contributed by atoms with Crippen molar-refractivity contribution in [2.45, 2.75) is 6.04 Å². The average molecular weight is 266 g/mol. The van der Waals surface area contributed by atoms with Crippen LogP contribution in [0.2, 0.25) is 0 Å². The first-order valence-corrected chi connectivity index (χ1v) is 5.98. The molecule has 2 aromatic rings. The number of hydrazine groups is 1. The van der Waals surface area contributed by atoms with E-state index in [-0.39, 0.29) is 6.04 Å². The van der Waals surface area contributed by atoms with Crippen LogP contribution >= 0.6 is 11.7 Å². The Labute approximate surface area is 109 Å². The van der Waals surface area contributed by atoms with Gasteiger partial charge in [-0.25, -0.2) is 5.43 Å². The second-order valence-corrected chi connectivity index (χ2v) is 4.10. The zero-order chi connectivity index (χ0) is 13.0. The van der Waals surface area contributed by atoms with Crippen molar-refractivity contribution in [1.29, 1.82) is 0 Å². The van der Waals surface area contributed by atoms with Gasteiger partial charge in [-0.15, -0.1) is 0 Å². The normalized spacial score (nSPS) is 12.2. The number of hydrogen-bond acceptors (Lipinski definition) is 7. The number of nitrogens with two attached hydrogens (primary N) is 1. The summed E-state index contributed by atoms with van der Waals surface area (Å²) in [5.74, 6) is 7.05. The van der Waals surface area contributed by atoms with E-state index < -0.39 is 0 Å². The van der Waals surface area contributed by atoms with Crippen LogP contribution < -0.4 is 20.7 Å². The van der Waals surface area contributed by atoms with Gasteiger partial charge >= 0.3 is 0 Å². The van der Waals surface area contributed by atoms with Crippen molar-refractivity contribution in [3.8, 4) is 11.5 Å². The van der Waals surface area contributed by atoms with Gasteiger partial charge < -0.3 is 9.47 Å². The average Bonchev–Trinajstić information content (AvgIpc) is 2.93. The van der Waals surface area contributed by atoms with Crippen molar-refractivity contribution >= 4 is 11.7 Å². The van der Waals surface area contributed by atoms with E-state index in [0.29, 0.717) is 5.75 Å². The fraction of sp³-hybridized carbons (Fsp3) is 0.273.